The van der Waals surface area contributed by atoms with Gasteiger partial charge in [-0.25, -0.2) is 8.42 Å². The van der Waals surface area contributed by atoms with Gasteiger partial charge in [-0.1, -0.05) is 72.6 Å². The summed E-state index contributed by atoms with van der Waals surface area (Å²) < 4.78 is 28.6. The lowest BCUT2D eigenvalue weighted by atomic mass is 10.1. The summed E-state index contributed by atoms with van der Waals surface area (Å²) in [6.07, 6.45) is 0.765. The molecule has 0 bridgehead atoms. The Labute approximate surface area is 220 Å². The molecule has 0 saturated carbocycles. The summed E-state index contributed by atoms with van der Waals surface area (Å²) >= 11 is 0. The summed E-state index contributed by atoms with van der Waals surface area (Å²) in [5.41, 5.74) is 3.18. The summed E-state index contributed by atoms with van der Waals surface area (Å²) in [6, 6.07) is 22.0. The molecule has 37 heavy (non-hydrogen) atoms. The first kappa shape index (κ1) is 27.9. The Morgan fingerprint density at radius 1 is 0.892 bits per heavy atom. The molecular formula is C29H35N3O4S. The van der Waals surface area contributed by atoms with Crippen LogP contribution in [0.1, 0.15) is 37.0 Å². The van der Waals surface area contributed by atoms with Gasteiger partial charge in [0, 0.05) is 13.1 Å². The Kier molecular flexibility index (Phi) is 9.47. The van der Waals surface area contributed by atoms with Gasteiger partial charge in [-0.3, -0.25) is 13.9 Å². The molecule has 7 nitrogen and oxygen atoms in total. The molecule has 0 radical (unpaired) electrons. The molecule has 8 heteroatoms. The highest BCUT2D eigenvalue weighted by molar-refractivity contribution is 7.92. The lowest BCUT2D eigenvalue weighted by Crippen LogP contribution is -2.51. The van der Waals surface area contributed by atoms with Crippen LogP contribution in [0.25, 0.3) is 0 Å². The number of para-hydroxylation sites is 1. The van der Waals surface area contributed by atoms with Gasteiger partial charge in [0.15, 0.2) is 0 Å². The molecule has 3 aromatic rings. The maximum atomic E-state index is 13.8. The smallest absolute Gasteiger partial charge is 0.264 e. The Bertz CT molecular complexity index is 1310. The molecule has 3 rings (SSSR count). The Balaban J connectivity index is 1.99. The molecule has 0 aliphatic carbocycles. The largest absolute Gasteiger partial charge is 0.354 e. The highest BCUT2D eigenvalue weighted by atomic mass is 32.2. The summed E-state index contributed by atoms with van der Waals surface area (Å²) in [6.45, 7) is 7.68. The number of carbonyl (C=O) groups excluding carboxylic acids is 2. The number of nitrogens with zero attached hydrogens (tertiary/aromatic N) is 2. The van der Waals surface area contributed by atoms with Crippen LogP contribution in [0.5, 0.6) is 0 Å². The summed E-state index contributed by atoms with van der Waals surface area (Å²) in [7, 11) is -4.05. The van der Waals surface area contributed by atoms with Crippen molar-refractivity contribution in [3.05, 3.63) is 95.6 Å². The highest BCUT2D eigenvalue weighted by Gasteiger charge is 2.32. The van der Waals surface area contributed by atoms with Crippen LogP contribution in [-0.2, 0) is 26.2 Å². The molecule has 1 N–H and O–H groups in total. The van der Waals surface area contributed by atoms with Crippen molar-refractivity contribution in [3.63, 3.8) is 0 Å². The lowest BCUT2D eigenvalue weighted by molar-refractivity contribution is -0.139. The van der Waals surface area contributed by atoms with Gasteiger partial charge in [-0.05, 0) is 57.0 Å². The minimum atomic E-state index is -4.05. The van der Waals surface area contributed by atoms with Crippen molar-refractivity contribution < 1.29 is 18.0 Å². The molecule has 0 heterocycles. The van der Waals surface area contributed by atoms with Crippen molar-refractivity contribution in [1.29, 1.82) is 0 Å². The number of rotatable bonds is 11. The van der Waals surface area contributed by atoms with E-state index in [0.717, 1.165) is 27.4 Å². The van der Waals surface area contributed by atoms with E-state index in [0.29, 0.717) is 12.2 Å². The molecule has 3 aromatic carbocycles. The number of hydrogen-bond donors (Lipinski definition) is 1. The van der Waals surface area contributed by atoms with Gasteiger partial charge in [-0.2, -0.15) is 0 Å². The van der Waals surface area contributed by atoms with Gasteiger partial charge in [0.1, 0.15) is 12.6 Å². The zero-order valence-corrected chi connectivity index (χ0v) is 22.7. The number of hydrogen-bond acceptors (Lipinski definition) is 4. The second kappa shape index (κ2) is 12.5. The topological polar surface area (TPSA) is 86.8 Å². The first-order valence-corrected chi connectivity index (χ1v) is 13.8. The van der Waals surface area contributed by atoms with E-state index in [-0.39, 0.29) is 17.3 Å². The summed E-state index contributed by atoms with van der Waals surface area (Å²) in [5, 5.41) is 2.85. The van der Waals surface area contributed by atoms with Crippen molar-refractivity contribution >= 4 is 27.5 Å². The van der Waals surface area contributed by atoms with Crippen molar-refractivity contribution in [3.8, 4) is 0 Å². The predicted octanol–water partition coefficient (Wildman–Crippen LogP) is 4.44. The lowest BCUT2D eigenvalue weighted by Gasteiger charge is -2.32. The zero-order chi connectivity index (χ0) is 27.0. The molecule has 196 valence electrons. The summed E-state index contributed by atoms with van der Waals surface area (Å²) in [5.74, 6) is -0.754. The fraction of sp³-hybridized carbons (Fsp3) is 0.310. The average molecular weight is 522 g/mol. The third-order valence-electron chi connectivity index (χ3n) is 6.08. The van der Waals surface area contributed by atoms with Crippen LogP contribution in [0.4, 0.5) is 5.69 Å². The van der Waals surface area contributed by atoms with Crippen molar-refractivity contribution in [1.82, 2.24) is 10.2 Å². The van der Waals surface area contributed by atoms with E-state index in [1.54, 1.807) is 49.4 Å². The number of sulfonamides is 1. The molecular weight excluding hydrogens is 486 g/mol. The molecule has 0 aliphatic heterocycles. The second-order valence-corrected chi connectivity index (χ2v) is 11.0. The molecule has 0 aliphatic rings. The second-order valence-electron chi connectivity index (χ2n) is 9.14. The average Bonchev–Trinajstić information content (AvgIpc) is 2.89. The number of carbonyl (C=O) groups is 2. The van der Waals surface area contributed by atoms with Gasteiger partial charge >= 0.3 is 0 Å². The fourth-order valence-corrected chi connectivity index (χ4v) is 5.36. The van der Waals surface area contributed by atoms with E-state index in [4.69, 9.17) is 0 Å². The molecule has 1 atom stereocenters. The Morgan fingerprint density at radius 3 is 2.19 bits per heavy atom. The minimum absolute atomic E-state index is 0.0914. The number of benzene rings is 3. The van der Waals surface area contributed by atoms with Crippen LogP contribution in [0.15, 0.2) is 83.8 Å². The molecule has 0 aromatic heterocycles. The van der Waals surface area contributed by atoms with E-state index in [9.17, 15) is 18.0 Å². The van der Waals surface area contributed by atoms with Gasteiger partial charge in [-0.15, -0.1) is 0 Å². The van der Waals surface area contributed by atoms with Crippen LogP contribution < -0.4 is 9.62 Å². The molecule has 2 amide bonds. The maximum absolute atomic E-state index is 13.8. The maximum Gasteiger partial charge on any atom is 0.264 e. The van der Waals surface area contributed by atoms with Gasteiger partial charge in [0.2, 0.25) is 11.8 Å². The van der Waals surface area contributed by atoms with E-state index in [2.05, 4.69) is 5.32 Å². The molecule has 0 saturated heterocycles. The number of amides is 2. The normalized spacial score (nSPS) is 12.0. The van der Waals surface area contributed by atoms with E-state index in [1.165, 1.54) is 17.0 Å². The van der Waals surface area contributed by atoms with Crippen molar-refractivity contribution in [2.24, 2.45) is 0 Å². The minimum Gasteiger partial charge on any atom is -0.354 e. The van der Waals surface area contributed by atoms with E-state index >= 15 is 0 Å². The third-order valence-corrected chi connectivity index (χ3v) is 7.87. The Hall–Kier alpha value is -3.65. The fourth-order valence-electron chi connectivity index (χ4n) is 3.95. The quantitative estimate of drug-likeness (QED) is 0.404. The number of aryl methyl sites for hydroxylation is 2. The molecule has 1 unspecified atom stereocenters. The standard InChI is InChI=1S/C29H35N3O4S/c1-5-18-30-29(34)24(4)31(20-25-11-9-10-23(3)19-25)28(33)21-32(26-12-7-6-8-13-26)37(35,36)27-16-14-22(2)15-17-27/h6-17,19,24H,5,18,20-21H2,1-4H3,(H,30,34). The summed E-state index contributed by atoms with van der Waals surface area (Å²) in [4.78, 5) is 28.2. The monoisotopic (exact) mass is 521 g/mol. The number of anilines is 1. The van der Waals surface area contributed by atoms with Gasteiger partial charge in [0.05, 0.1) is 10.6 Å². The first-order valence-electron chi connectivity index (χ1n) is 12.4. The Morgan fingerprint density at radius 2 is 1.57 bits per heavy atom. The highest BCUT2D eigenvalue weighted by Crippen LogP contribution is 2.24. The van der Waals surface area contributed by atoms with Crippen LogP contribution >= 0.6 is 0 Å². The number of nitrogens with one attached hydrogen (secondary N) is 1. The van der Waals surface area contributed by atoms with Gasteiger partial charge < -0.3 is 10.2 Å². The van der Waals surface area contributed by atoms with Crippen molar-refractivity contribution in [2.45, 2.75) is 51.6 Å². The van der Waals surface area contributed by atoms with Crippen LogP contribution in [0.3, 0.4) is 0 Å². The van der Waals surface area contributed by atoms with E-state index < -0.39 is 28.5 Å². The molecule has 0 fully saturated rings. The SMILES string of the molecule is CCCNC(=O)C(C)N(Cc1cccc(C)c1)C(=O)CN(c1ccccc1)S(=O)(=O)c1ccc(C)cc1. The van der Waals surface area contributed by atoms with Crippen molar-refractivity contribution in [2.75, 3.05) is 17.4 Å². The predicted molar refractivity (Wildman–Crippen MR) is 147 cm³/mol. The van der Waals surface area contributed by atoms with Crippen LogP contribution in [0.2, 0.25) is 0 Å². The zero-order valence-electron chi connectivity index (χ0n) is 21.8. The molecule has 0 spiro atoms. The van der Waals surface area contributed by atoms with E-state index in [1.807, 2.05) is 45.0 Å². The van der Waals surface area contributed by atoms with Crippen LogP contribution in [0, 0.1) is 13.8 Å². The van der Waals surface area contributed by atoms with Crippen LogP contribution in [-0.4, -0.2) is 44.3 Å². The van der Waals surface area contributed by atoms with Gasteiger partial charge in [0.25, 0.3) is 10.0 Å². The first-order chi connectivity index (χ1) is 17.6. The third kappa shape index (κ3) is 7.20.